The summed E-state index contributed by atoms with van der Waals surface area (Å²) in [5, 5.41) is 16.4. The lowest BCUT2D eigenvalue weighted by atomic mass is 10.2. The number of rotatable bonds is 7. The molecule has 1 unspecified atom stereocenters. The fraction of sp³-hybridized carbons (Fsp3) is 0.467. The van der Waals surface area contributed by atoms with Gasteiger partial charge in [0.15, 0.2) is 15.7 Å². The summed E-state index contributed by atoms with van der Waals surface area (Å²) in [6, 6.07) is 2.65. The molecule has 0 saturated carbocycles. The van der Waals surface area contributed by atoms with Gasteiger partial charge in [0, 0.05) is 24.1 Å². The zero-order chi connectivity index (χ0) is 18.8. The number of pyridine rings is 1. The summed E-state index contributed by atoms with van der Waals surface area (Å²) in [5.41, 5.74) is -0.549. The molecular formula is C15H20F2N4O3S. The first-order valence-corrected chi connectivity index (χ1v) is 9.52. The third-order valence-corrected chi connectivity index (χ3v) is 4.84. The fourth-order valence-electron chi connectivity index (χ4n) is 2.17. The van der Waals surface area contributed by atoms with Gasteiger partial charge < -0.3 is 10.4 Å². The highest BCUT2D eigenvalue weighted by Crippen LogP contribution is 2.30. The SMILES string of the molecule is CCC(C)Nc1c(CO)c(C(F)F)nn1-c1ccc(S(C)(=O)=O)cn1. The van der Waals surface area contributed by atoms with E-state index in [1.54, 1.807) is 0 Å². The van der Waals surface area contributed by atoms with E-state index in [-0.39, 0.29) is 28.1 Å². The van der Waals surface area contributed by atoms with E-state index in [4.69, 9.17) is 0 Å². The summed E-state index contributed by atoms with van der Waals surface area (Å²) in [7, 11) is -3.42. The second-order valence-corrected chi connectivity index (χ2v) is 7.68. The molecule has 2 heterocycles. The average Bonchev–Trinajstić information content (AvgIpc) is 2.92. The van der Waals surface area contributed by atoms with E-state index in [2.05, 4.69) is 15.4 Å². The molecule has 0 aliphatic rings. The highest BCUT2D eigenvalue weighted by atomic mass is 32.2. The second kappa shape index (κ2) is 7.44. The van der Waals surface area contributed by atoms with Crippen molar-refractivity contribution in [2.45, 2.75) is 44.2 Å². The number of aliphatic hydroxyl groups excluding tert-OH is 1. The number of anilines is 1. The third kappa shape index (κ3) is 4.13. The van der Waals surface area contributed by atoms with Crippen LogP contribution in [0.4, 0.5) is 14.6 Å². The first-order valence-electron chi connectivity index (χ1n) is 7.62. The standard InChI is InChI=1S/C15H20F2N4O3S/c1-4-9(2)19-15-11(8-22)13(14(16)17)20-21(15)12-6-5-10(7-18-12)25(3,23)24/h5-7,9,14,19,22H,4,8H2,1-3H3. The van der Waals surface area contributed by atoms with Gasteiger partial charge in [-0.1, -0.05) is 6.92 Å². The smallest absolute Gasteiger partial charge is 0.282 e. The minimum atomic E-state index is -3.42. The predicted molar refractivity (Wildman–Crippen MR) is 88.7 cm³/mol. The monoisotopic (exact) mass is 374 g/mol. The zero-order valence-corrected chi connectivity index (χ0v) is 14.9. The van der Waals surface area contributed by atoms with Crippen molar-refractivity contribution in [3.8, 4) is 5.82 Å². The van der Waals surface area contributed by atoms with Crippen LogP contribution in [0.15, 0.2) is 23.2 Å². The molecule has 2 aromatic heterocycles. The molecule has 2 aromatic rings. The van der Waals surface area contributed by atoms with Crippen LogP contribution in [0.5, 0.6) is 0 Å². The summed E-state index contributed by atoms with van der Waals surface area (Å²) >= 11 is 0. The Bertz CT molecular complexity index is 835. The normalized spacial score (nSPS) is 13.2. The Labute approximate surface area is 144 Å². The Balaban J connectivity index is 2.59. The van der Waals surface area contributed by atoms with Crippen LogP contribution in [-0.4, -0.2) is 40.6 Å². The quantitative estimate of drug-likeness (QED) is 0.772. The van der Waals surface area contributed by atoms with E-state index in [0.29, 0.717) is 0 Å². The highest BCUT2D eigenvalue weighted by Gasteiger charge is 2.25. The van der Waals surface area contributed by atoms with Crippen LogP contribution in [0.2, 0.25) is 0 Å². The van der Waals surface area contributed by atoms with Gasteiger partial charge in [0.05, 0.1) is 11.5 Å². The molecule has 2 rings (SSSR count). The maximum atomic E-state index is 13.2. The van der Waals surface area contributed by atoms with E-state index in [9.17, 15) is 22.3 Å². The maximum absolute atomic E-state index is 13.2. The number of aliphatic hydroxyl groups is 1. The summed E-state index contributed by atoms with van der Waals surface area (Å²) in [5.74, 6) is 0.381. The van der Waals surface area contributed by atoms with Crippen molar-refractivity contribution in [2.75, 3.05) is 11.6 Å². The lowest BCUT2D eigenvalue weighted by molar-refractivity contribution is 0.141. The molecule has 1 atom stereocenters. The van der Waals surface area contributed by atoms with Crippen molar-refractivity contribution in [1.82, 2.24) is 14.8 Å². The maximum Gasteiger partial charge on any atom is 0.282 e. The first-order chi connectivity index (χ1) is 11.7. The second-order valence-electron chi connectivity index (χ2n) is 5.66. The molecule has 0 amide bonds. The van der Waals surface area contributed by atoms with Gasteiger partial charge in [0.25, 0.3) is 6.43 Å². The number of aromatic nitrogens is 3. The van der Waals surface area contributed by atoms with Crippen molar-refractivity contribution in [2.24, 2.45) is 0 Å². The molecule has 10 heteroatoms. The molecule has 0 spiro atoms. The topological polar surface area (TPSA) is 97.1 Å². The van der Waals surface area contributed by atoms with Crippen LogP contribution < -0.4 is 5.32 Å². The van der Waals surface area contributed by atoms with Gasteiger partial charge >= 0.3 is 0 Å². The minimum Gasteiger partial charge on any atom is -0.391 e. The van der Waals surface area contributed by atoms with Gasteiger partial charge in [0.1, 0.15) is 11.5 Å². The molecule has 7 nitrogen and oxygen atoms in total. The van der Waals surface area contributed by atoms with Crippen molar-refractivity contribution in [3.63, 3.8) is 0 Å². The largest absolute Gasteiger partial charge is 0.391 e. The fourth-order valence-corrected chi connectivity index (χ4v) is 2.72. The molecule has 0 saturated heterocycles. The number of hydrogen-bond acceptors (Lipinski definition) is 6. The van der Waals surface area contributed by atoms with Crippen molar-refractivity contribution < 1.29 is 22.3 Å². The van der Waals surface area contributed by atoms with Crippen LogP contribution in [0.1, 0.15) is 38.0 Å². The number of hydrogen-bond donors (Lipinski definition) is 2. The summed E-state index contributed by atoms with van der Waals surface area (Å²) < 4.78 is 50.7. The summed E-state index contributed by atoms with van der Waals surface area (Å²) in [4.78, 5) is 4.02. The highest BCUT2D eigenvalue weighted by molar-refractivity contribution is 7.90. The van der Waals surface area contributed by atoms with E-state index in [1.807, 2.05) is 13.8 Å². The van der Waals surface area contributed by atoms with Crippen molar-refractivity contribution in [1.29, 1.82) is 0 Å². The molecule has 25 heavy (non-hydrogen) atoms. The van der Waals surface area contributed by atoms with Crippen LogP contribution in [0.3, 0.4) is 0 Å². The van der Waals surface area contributed by atoms with Crippen LogP contribution >= 0.6 is 0 Å². The lowest BCUT2D eigenvalue weighted by Crippen LogP contribution is -2.18. The van der Waals surface area contributed by atoms with Crippen molar-refractivity contribution >= 4 is 15.7 Å². The van der Waals surface area contributed by atoms with Gasteiger partial charge in [-0.25, -0.2) is 22.2 Å². The average molecular weight is 374 g/mol. The molecule has 0 aromatic carbocycles. The first kappa shape index (κ1) is 19.3. The molecule has 138 valence electrons. The molecule has 0 aliphatic heterocycles. The van der Waals surface area contributed by atoms with E-state index < -0.39 is 28.6 Å². The Morgan fingerprint density at radius 1 is 1.36 bits per heavy atom. The van der Waals surface area contributed by atoms with Crippen LogP contribution in [0.25, 0.3) is 5.82 Å². The lowest BCUT2D eigenvalue weighted by Gasteiger charge is -2.16. The van der Waals surface area contributed by atoms with Gasteiger partial charge in [-0.15, -0.1) is 0 Å². The van der Waals surface area contributed by atoms with Crippen LogP contribution in [0, 0.1) is 0 Å². The van der Waals surface area contributed by atoms with Gasteiger partial charge in [-0.3, -0.25) is 0 Å². The molecule has 0 radical (unpaired) electrons. The van der Waals surface area contributed by atoms with Crippen molar-refractivity contribution in [3.05, 3.63) is 29.6 Å². The zero-order valence-electron chi connectivity index (χ0n) is 14.1. The molecule has 0 fully saturated rings. The summed E-state index contributed by atoms with van der Waals surface area (Å²) in [6.07, 6.45) is 0.0449. The third-order valence-electron chi connectivity index (χ3n) is 3.74. The van der Waals surface area contributed by atoms with Gasteiger partial charge in [-0.05, 0) is 25.5 Å². The number of halogens is 2. The number of nitrogens with one attached hydrogen (secondary N) is 1. The number of sulfone groups is 1. The molecular weight excluding hydrogens is 354 g/mol. The minimum absolute atomic E-state index is 0.00992. The Morgan fingerprint density at radius 3 is 2.48 bits per heavy atom. The van der Waals surface area contributed by atoms with Crippen LogP contribution in [-0.2, 0) is 16.4 Å². The summed E-state index contributed by atoms with van der Waals surface area (Å²) in [6.45, 7) is 3.17. The Hall–Kier alpha value is -2.07. The van der Waals surface area contributed by atoms with E-state index >= 15 is 0 Å². The van der Waals surface area contributed by atoms with Gasteiger partial charge in [-0.2, -0.15) is 9.78 Å². The Kier molecular flexibility index (Phi) is 5.73. The molecule has 0 aliphatic carbocycles. The predicted octanol–water partition coefficient (Wildman–Crippen LogP) is 2.31. The van der Waals surface area contributed by atoms with Gasteiger partial charge in [0.2, 0.25) is 0 Å². The number of nitrogens with zero attached hydrogens (tertiary/aromatic N) is 3. The van der Waals surface area contributed by atoms with E-state index in [1.165, 1.54) is 12.1 Å². The van der Waals surface area contributed by atoms with E-state index in [0.717, 1.165) is 23.6 Å². The molecule has 2 N–H and O–H groups in total. The number of alkyl halides is 2. The Morgan fingerprint density at radius 2 is 2.04 bits per heavy atom. The molecule has 0 bridgehead atoms.